The van der Waals surface area contributed by atoms with E-state index in [1.54, 1.807) is 6.20 Å². The number of hydrogen-bond acceptors (Lipinski definition) is 4. The summed E-state index contributed by atoms with van der Waals surface area (Å²) in [6.07, 6.45) is 8.91. The highest BCUT2D eigenvalue weighted by Gasteiger charge is 2.15. The Labute approximate surface area is 164 Å². The number of aromatic nitrogens is 1. The first-order chi connectivity index (χ1) is 13.3. The molecule has 27 heavy (non-hydrogen) atoms. The van der Waals surface area contributed by atoms with Crippen LogP contribution in [0.2, 0.25) is 0 Å². The summed E-state index contributed by atoms with van der Waals surface area (Å²) in [7, 11) is 0. The van der Waals surface area contributed by atoms with Gasteiger partial charge in [-0.3, -0.25) is 4.98 Å². The first-order valence-corrected chi connectivity index (χ1v) is 10.3. The first kappa shape index (κ1) is 19.8. The Morgan fingerprint density at radius 2 is 2.11 bits per heavy atom. The lowest BCUT2D eigenvalue weighted by Crippen LogP contribution is -2.35. The Kier molecular flexibility index (Phi) is 8.12. The van der Waals surface area contributed by atoms with E-state index in [1.807, 2.05) is 30.5 Å². The summed E-state index contributed by atoms with van der Waals surface area (Å²) in [5, 5.41) is 3.58. The van der Waals surface area contributed by atoms with E-state index in [0.29, 0.717) is 6.61 Å². The molecule has 2 heterocycles. The third-order valence-corrected chi connectivity index (χ3v) is 5.22. The van der Waals surface area contributed by atoms with Crippen molar-refractivity contribution < 1.29 is 4.74 Å². The molecule has 1 N–H and O–H groups in total. The predicted octanol–water partition coefficient (Wildman–Crippen LogP) is 4.26. The van der Waals surface area contributed by atoms with Crippen LogP contribution in [0.3, 0.4) is 0 Å². The molecule has 0 saturated carbocycles. The topological polar surface area (TPSA) is 37.4 Å². The van der Waals surface area contributed by atoms with Gasteiger partial charge in [0.25, 0.3) is 0 Å². The third-order valence-electron chi connectivity index (χ3n) is 5.22. The molecule has 1 saturated heterocycles. The molecular weight excluding hydrogens is 334 g/mol. The van der Waals surface area contributed by atoms with Gasteiger partial charge in [-0.1, -0.05) is 31.2 Å². The molecule has 4 heteroatoms. The molecule has 0 bridgehead atoms. The molecule has 0 amide bonds. The molecule has 0 spiro atoms. The largest absolute Gasteiger partial charge is 0.489 e. The zero-order valence-electron chi connectivity index (χ0n) is 16.6. The van der Waals surface area contributed by atoms with Crippen molar-refractivity contribution in [2.75, 3.05) is 26.2 Å². The van der Waals surface area contributed by atoms with E-state index in [9.17, 15) is 0 Å². The SMILES string of the molecule is CC1CCCN(CCCCNCc2ccccc2OCc2cccnc2)C1. The number of piperidine rings is 1. The molecule has 1 aromatic heterocycles. The van der Waals surface area contributed by atoms with Gasteiger partial charge in [-0.15, -0.1) is 0 Å². The second kappa shape index (κ2) is 11.1. The first-order valence-electron chi connectivity index (χ1n) is 10.3. The highest BCUT2D eigenvalue weighted by molar-refractivity contribution is 5.33. The van der Waals surface area contributed by atoms with E-state index < -0.39 is 0 Å². The molecule has 1 aliphatic heterocycles. The molecule has 1 aromatic carbocycles. The van der Waals surface area contributed by atoms with Crippen molar-refractivity contribution in [1.29, 1.82) is 0 Å². The third kappa shape index (κ3) is 6.96. The van der Waals surface area contributed by atoms with Gasteiger partial charge in [0.2, 0.25) is 0 Å². The second-order valence-corrected chi connectivity index (χ2v) is 7.69. The standard InChI is InChI=1S/C23H33N3O/c1-20-8-7-15-26(18-20)14-5-4-12-25-17-22-10-2-3-11-23(22)27-19-21-9-6-13-24-16-21/h2-3,6,9-11,13,16,20,25H,4-5,7-8,12,14-15,17-19H2,1H3. The lowest BCUT2D eigenvalue weighted by molar-refractivity contribution is 0.181. The molecule has 4 nitrogen and oxygen atoms in total. The lowest BCUT2D eigenvalue weighted by Gasteiger charge is -2.30. The van der Waals surface area contributed by atoms with Crippen molar-refractivity contribution in [2.24, 2.45) is 5.92 Å². The number of benzene rings is 1. The summed E-state index contributed by atoms with van der Waals surface area (Å²) in [4.78, 5) is 6.77. The number of unbranched alkanes of at least 4 members (excludes halogenated alkanes) is 1. The van der Waals surface area contributed by atoms with Crippen LogP contribution in [-0.2, 0) is 13.2 Å². The van der Waals surface area contributed by atoms with Gasteiger partial charge in [-0.2, -0.15) is 0 Å². The van der Waals surface area contributed by atoms with Gasteiger partial charge in [0.05, 0.1) is 0 Å². The van der Waals surface area contributed by atoms with E-state index in [2.05, 4.69) is 34.3 Å². The summed E-state index contributed by atoms with van der Waals surface area (Å²) < 4.78 is 6.00. The van der Waals surface area contributed by atoms with Gasteiger partial charge in [0, 0.05) is 36.6 Å². The minimum Gasteiger partial charge on any atom is -0.489 e. The Morgan fingerprint density at radius 3 is 2.96 bits per heavy atom. The minimum atomic E-state index is 0.555. The number of para-hydroxylation sites is 1. The fraction of sp³-hybridized carbons (Fsp3) is 0.522. The lowest BCUT2D eigenvalue weighted by atomic mass is 10.0. The molecule has 0 radical (unpaired) electrons. The van der Waals surface area contributed by atoms with Crippen LogP contribution >= 0.6 is 0 Å². The Morgan fingerprint density at radius 1 is 1.19 bits per heavy atom. The predicted molar refractivity (Wildman–Crippen MR) is 111 cm³/mol. The van der Waals surface area contributed by atoms with E-state index in [1.165, 1.54) is 50.9 Å². The molecule has 1 fully saturated rings. The number of rotatable bonds is 10. The monoisotopic (exact) mass is 367 g/mol. The summed E-state index contributed by atoms with van der Waals surface area (Å²) in [5.74, 6) is 1.83. The van der Waals surface area contributed by atoms with Crippen molar-refractivity contribution in [1.82, 2.24) is 15.2 Å². The summed E-state index contributed by atoms with van der Waals surface area (Å²) >= 11 is 0. The maximum Gasteiger partial charge on any atom is 0.124 e. The fourth-order valence-corrected chi connectivity index (χ4v) is 3.73. The van der Waals surface area contributed by atoms with Crippen LogP contribution in [0.4, 0.5) is 0 Å². The highest BCUT2D eigenvalue weighted by Crippen LogP contribution is 2.19. The van der Waals surface area contributed by atoms with Crippen molar-refractivity contribution in [3.05, 3.63) is 59.9 Å². The molecular formula is C23H33N3O. The van der Waals surface area contributed by atoms with Gasteiger partial charge in [-0.05, 0) is 63.4 Å². The maximum atomic E-state index is 6.00. The van der Waals surface area contributed by atoms with E-state index in [0.717, 1.165) is 30.3 Å². The number of hydrogen-bond donors (Lipinski definition) is 1. The van der Waals surface area contributed by atoms with Crippen LogP contribution in [0.15, 0.2) is 48.8 Å². The van der Waals surface area contributed by atoms with Crippen molar-refractivity contribution in [3.8, 4) is 5.75 Å². The molecule has 1 aliphatic rings. The average Bonchev–Trinajstić information content (AvgIpc) is 2.70. The number of nitrogens with one attached hydrogen (secondary N) is 1. The van der Waals surface area contributed by atoms with E-state index in [4.69, 9.17) is 4.74 Å². The number of ether oxygens (including phenoxy) is 1. The molecule has 2 aromatic rings. The quantitative estimate of drug-likeness (QED) is 0.637. The number of pyridine rings is 1. The smallest absolute Gasteiger partial charge is 0.124 e. The maximum absolute atomic E-state index is 6.00. The molecule has 1 unspecified atom stereocenters. The number of likely N-dealkylation sites (tertiary alicyclic amines) is 1. The Balaban J connectivity index is 1.34. The van der Waals surface area contributed by atoms with Gasteiger partial charge in [0.15, 0.2) is 0 Å². The van der Waals surface area contributed by atoms with E-state index in [-0.39, 0.29) is 0 Å². The van der Waals surface area contributed by atoms with Crippen LogP contribution < -0.4 is 10.1 Å². The average molecular weight is 368 g/mol. The Hall–Kier alpha value is -1.91. The van der Waals surface area contributed by atoms with E-state index >= 15 is 0 Å². The van der Waals surface area contributed by atoms with Crippen molar-refractivity contribution in [2.45, 2.75) is 45.8 Å². The summed E-state index contributed by atoms with van der Waals surface area (Å²) in [5.41, 5.74) is 2.30. The van der Waals surface area contributed by atoms with Crippen LogP contribution in [0.25, 0.3) is 0 Å². The van der Waals surface area contributed by atoms with Gasteiger partial charge in [-0.25, -0.2) is 0 Å². The van der Waals surface area contributed by atoms with Crippen LogP contribution in [-0.4, -0.2) is 36.1 Å². The highest BCUT2D eigenvalue weighted by atomic mass is 16.5. The molecule has 1 atom stereocenters. The van der Waals surface area contributed by atoms with Crippen LogP contribution in [0.5, 0.6) is 5.75 Å². The zero-order valence-corrected chi connectivity index (χ0v) is 16.6. The zero-order chi connectivity index (χ0) is 18.7. The van der Waals surface area contributed by atoms with Crippen LogP contribution in [0.1, 0.15) is 43.7 Å². The van der Waals surface area contributed by atoms with Crippen molar-refractivity contribution in [3.63, 3.8) is 0 Å². The van der Waals surface area contributed by atoms with Gasteiger partial charge >= 0.3 is 0 Å². The molecule has 146 valence electrons. The normalized spacial score (nSPS) is 17.7. The summed E-state index contributed by atoms with van der Waals surface area (Å²) in [6.45, 7) is 8.66. The minimum absolute atomic E-state index is 0.555. The van der Waals surface area contributed by atoms with Crippen molar-refractivity contribution >= 4 is 0 Å². The van der Waals surface area contributed by atoms with Crippen LogP contribution in [0, 0.1) is 5.92 Å². The second-order valence-electron chi connectivity index (χ2n) is 7.69. The van der Waals surface area contributed by atoms with Gasteiger partial charge < -0.3 is 15.0 Å². The summed E-state index contributed by atoms with van der Waals surface area (Å²) in [6, 6.07) is 12.3. The fourth-order valence-electron chi connectivity index (χ4n) is 3.73. The Bertz CT molecular complexity index is 662. The molecule has 3 rings (SSSR count). The molecule has 0 aliphatic carbocycles. The van der Waals surface area contributed by atoms with Gasteiger partial charge in [0.1, 0.15) is 12.4 Å². The number of nitrogens with zero attached hydrogens (tertiary/aromatic N) is 2.